The summed E-state index contributed by atoms with van der Waals surface area (Å²) in [6, 6.07) is 1.38. The SMILES string of the molecule is CCNC(=NCC1(C)CCOC1)NC1CN(C2CC2)CC1C. The molecule has 1 saturated carbocycles. The molecule has 22 heavy (non-hydrogen) atoms. The minimum Gasteiger partial charge on any atom is -0.381 e. The van der Waals surface area contributed by atoms with Crippen LogP contribution in [0.5, 0.6) is 0 Å². The van der Waals surface area contributed by atoms with Crippen LogP contribution in [0.2, 0.25) is 0 Å². The fourth-order valence-corrected chi connectivity index (χ4v) is 3.53. The Balaban J connectivity index is 1.56. The molecule has 3 atom stereocenters. The summed E-state index contributed by atoms with van der Waals surface area (Å²) in [7, 11) is 0. The summed E-state index contributed by atoms with van der Waals surface area (Å²) in [6.45, 7) is 12.6. The van der Waals surface area contributed by atoms with Crippen LogP contribution in [0.4, 0.5) is 0 Å². The van der Waals surface area contributed by atoms with Gasteiger partial charge in [-0.05, 0) is 32.1 Å². The maximum Gasteiger partial charge on any atom is 0.191 e. The number of nitrogens with one attached hydrogen (secondary N) is 2. The zero-order valence-corrected chi connectivity index (χ0v) is 14.4. The number of likely N-dealkylation sites (tertiary alicyclic amines) is 1. The Morgan fingerprint density at radius 3 is 2.82 bits per heavy atom. The Bertz CT molecular complexity index is 401. The maximum absolute atomic E-state index is 5.53. The number of rotatable bonds is 5. The van der Waals surface area contributed by atoms with Gasteiger partial charge in [0.1, 0.15) is 0 Å². The van der Waals surface area contributed by atoms with Crippen molar-refractivity contribution in [2.75, 3.05) is 39.4 Å². The van der Waals surface area contributed by atoms with Gasteiger partial charge in [-0.3, -0.25) is 9.89 Å². The molecule has 3 rings (SSSR count). The lowest BCUT2D eigenvalue weighted by Gasteiger charge is -2.23. The second-order valence-electron chi connectivity index (χ2n) is 7.72. The Hall–Kier alpha value is -0.810. The third kappa shape index (κ3) is 3.93. The highest BCUT2D eigenvalue weighted by molar-refractivity contribution is 5.80. The molecule has 126 valence electrons. The molecule has 0 radical (unpaired) electrons. The lowest BCUT2D eigenvalue weighted by molar-refractivity contribution is 0.163. The molecule has 0 aromatic heterocycles. The maximum atomic E-state index is 5.53. The van der Waals surface area contributed by atoms with Gasteiger partial charge in [-0.15, -0.1) is 0 Å². The summed E-state index contributed by atoms with van der Waals surface area (Å²) in [5.74, 6) is 1.67. The first-order chi connectivity index (χ1) is 10.6. The van der Waals surface area contributed by atoms with E-state index in [0.29, 0.717) is 12.0 Å². The summed E-state index contributed by atoms with van der Waals surface area (Å²) in [4.78, 5) is 7.50. The fraction of sp³-hybridized carbons (Fsp3) is 0.941. The van der Waals surface area contributed by atoms with Crippen LogP contribution in [0.15, 0.2) is 4.99 Å². The van der Waals surface area contributed by atoms with Crippen molar-refractivity contribution in [3.05, 3.63) is 0 Å². The third-order valence-electron chi connectivity index (χ3n) is 5.29. The second-order valence-corrected chi connectivity index (χ2v) is 7.72. The molecule has 2 aliphatic heterocycles. The molecule has 0 aromatic carbocycles. The van der Waals surface area contributed by atoms with Crippen molar-refractivity contribution in [1.29, 1.82) is 0 Å². The smallest absolute Gasteiger partial charge is 0.191 e. The summed E-state index contributed by atoms with van der Waals surface area (Å²) in [5.41, 5.74) is 0.212. The van der Waals surface area contributed by atoms with Crippen molar-refractivity contribution in [1.82, 2.24) is 15.5 Å². The highest BCUT2D eigenvalue weighted by Crippen LogP contribution is 2.32. The molecular weight excluding hydrogens is 276 g/mol. The first-order valence-electron chi connectivity index (χ1n) is 8.96. The zero-order chi connectivity index (χ0) is 15.6. The predicted octanol–water partition coefficient (Wildman–Crippen LogP) is 1.45. The minimum atomic E-state index is 0.212. The summed E-state index contributed by atoms with van der Waals surface area (Å²) >= 11 is 0. The van der Waals surface area contributed by atoms with Crippen LogP contribution >= 0.6 is 0 Å². The fourth-order valence-electron chi connectivity index (χ4n) is 3.53. The van der Waals surface area contributed by atoms with Crippen molar-refractivity contribution in [3.63, 3.8) is 0 Å². The number of hydrogen-bond donors (Lipinski definition) is 2. The van der Waals surface area contributed by atoms with Gasteiger partial charge in [0.2, 0.25) is 0 Å². The second kappa shape index (κ2) is 6.75. The average molecular weight is 308 g/mol. The summed E-state index contributed by atoms with van der Waals surface area (Å²) < 4.78 is 5.53. The molecule has 5 heteroatoms. The molecule has 1 aliphatic carbocycles. The molecule has 0 aromatic rings. The van der Waals surface area contributed by atoms with E-state index in [4.69, 9.17) is 9.73 Å². The normalized spacial score (nSPS) is 36.8. The van der Waals surface area contributed by atoms with Crippen LogP contribution < -0.4 is 10.6 Å². The molecule has 3 aliphatic rings. The van der Waals surface area contributed by atoms with Gasteiger partial charge in [0.05, 0.1) is 13.2 Å². The van der Waals surface area contributed by atoms with E-state index in [1.165, 1.54) is 19.4 Å². The molecule has 3 unspecified atom stereocenters. The Labute approximate surface area is 134 Å². The first kappa shape index (κ1) is 16.1. The van der Waals surface area contributed by atoms with Crippen molar-refractivity contribution < 1.29 is 4.74 Å². The molecule has 0 amide bonds. The van der Waals surface area contributed by atoms with E-state index in [1.807, 2.05) is 0 Å². The summed E-state index contributed by atoms with van der Waals surface area (Å²) in [6.07, 6.45) is 3.91. The van der Waals surface area contributed by atoms with E-state index in [0.717, 1.165) is 51.3 Å². The molecule has 5 nitrogen and oxygen atoms in total. The van der Waals surface area contributed by atoms with Crippen molar-refractivity contribution in [2.24, 2.45) is 16.3 Å². The minimum absolute atomic E-state index is 0.212. The van der Waals surface area contributed by atoms with Gasteiger partial charge in [0.25, 0.3) is 0 Å². The van der Waals surface area contributed by atoms with E-state index >= 15 is 0 Å². The van der Waals surface area contributed by atoms with Crippen LogP contribution in [0, 0.1) is 11.3 Å². The Kier molecular flexibility index (Phi) is 4.93. The zero-order valence-electron chi connectivity index (χ0n) is 14.4. The summed E-state index contributed by atoms with van der Waals surface area (Å²) in [5, 5.41) is 7.09. The molecule has 2 N–H and O–H groups in total. The van der Waals surface area contributed by atoms with E-state index in [-0.39, 0.29) is 5.41 Å². The number of ether oxygens (including phenoxy) is 1. The number of hydrogen-bond acceptors (Lipinski definition) is 3. The Morgan fingerprint density at radius 2 is 2.18 bits per heavy atom. The highest BCUT2D eigenvalue weighted by atomic mass is 16.5. The van der Waals surface area contributed by atoms with E-state index < -0.39 is 0 Å². The number of guanidine groups is 1. The van der Waals surface area contributed by atoms with Gasteiger partial charge in [0.15, 0.2) is 5.96 Å². The van der Waals surface area contributed by atoms with E-state index in [1.54, 1.807) is 0 Å². The largest absolute Gasteiger partial charge is 0.381 e. The van der Waals surface area contributed by atoms with Gasteiger partial charge in [-0.25, -0.2) is 0 Å². The number of aliphatic imine (C=N–C) groups is 1. The lowest BCUT2D eigenvalue weighted by Crippen LogP contribution is -2.47. The first-order valence-corrected chi connectivity index (χ1v) is 8.96. The van der Waals surface area contributed by atoms with Gasteiger partial charge in [-0.2, -0.15) is 0 Å². The highest BCUT2D eigenvalue weighted by Gasteiger charge is 2.38. The van der Waals surface area contributed by atoms with E-state index in [9.17, 15) is 0 Å². The van der Waals surface area contributed by atoms with Crippen LogP contribution in [0.25, 0.3) is 0 Å². The van der Waals surface area contributed by atoms with E-state index in [2.05, 4.69) is 36.3 Å². The third-order valence-corrected chi connectivity index (χ3v) is 5.29. The molecule has 2 heterocycles. The molecule has 3 fully saturated rings. The van der Waals surface area contributed by atoms with Crippen LogP contribution in [0.3, 0.4) is 0 Å². The molecule has 0 spiro atoms. The van der Waals surface area contributed by atoms with Crippen LogP contribution in [0.1, 0.15) is 40.0 Å². The molecular formula is C17H32N4O. The topological polar surface area (TPSA) is 48.9 Å². The standard InChI is InChI=1S/C17H32N4O/c1-4-18-16(19-11-17(3)7-8-22-12-17)20-15-10-21(9-13(15)2)14-5-6-14/h13-15H,4-12H2,1-3H3,(H2,18,19,20). The van der Waals surface area contributed by atoms with Gasteiger partial charge >= 0.3 is 0 Å². The predicted molar refractivity (Wildman–Crippen MR) is 90.2 cm³/mol. The average Bonchev–Trinajstić information content (AvgIpc) is 3.16. The van der Waals surface area contributed by atoms with Crippen molar-refractivity contribution in [3.8, 4) is 0 Å². The quantitative estimate of drug-likeness (QED) is 0.596. The lowest BCUT2D eigenvalue weighted by atomic mass is 9.90. The monoisotopic (exact) mass is 308 g/mol. The van der Waals surface area contributed by atoms with Crippen molar-refractivity contribution in [2.45, 2.75) is 52.1 Å². The van der Waals surface area contributed by atoms with Crippen LogP contribution in [-0.2, 0) is 4.74 Å². The number of nitrogens with zero attached hydrogens (tertiary/aromatic N) is 2. The van der Waals surface area contributed by atoms with Crippen molar-refractivity contribution >= 4 is 5.96 Å². The van der Waals surface area contributed by atoms with Gasteiger partial charge in [0, 0.05) is 43.7 Å². The molecule has 2 saturated heterocycles. The van der Waals surface area contributed by atoms with Gasteiger partial charge in [-0.1, -0.05) is 13.8 Å². The van der Waals surface area contributed by atoms with Gasteiger partial charge < -0.3 is 15.4 Å². The molecule has 0 bridgehead atoms. The Morgan fingerprint density at radius 1 is 1.36 bits per heavy atom. The van der Waals surface area contributed by atoms with Crippen LogP contribution in [-0.4, -0.2) is 62.3 Å².